The lowest BCUT2D eigenvalue weighted by Gasteiger charge is -2.31. The summed E-state index contributed by atoms with van der Waals surface area (Å²) in [6, 6.07) is 6.48. The summed E-state index contributed by atoms with van der Waals surface area (Å²) in [6.45, 7) is 7.65. The molecule has 0 aliphatic carbocycles. The van der Waals surface area contributed by atoms with Crippen molar-refractivity contribution in [2.24, 2.45) is 0 Å². The van der Waals surface area contributed by atoms with Gasteiger partial charge < -0.3 is 23.7 Å². The third-order valence-electron chi connectivity index (χ3n) is 9.02. The minimum Gasteiger partial charge on any atom is -0.494 e. The minimum atomic E-state index is -4.22. The monoisotopic (exact) mass is 993 g/mol. The number of carbonyl (C=O) groups excluding carboxylic acids is 2. The molecule has 2 N–H and O–H groups in total. The van der Waals surface area contributed by atoms with Crippen molar-refractivity contribution in [1.82, 2.24) is 45.2 Å². The van der Waals surface area contributed by atoms with Crippen molar-refractivity contribution < 1.29 is 46.4 Å². The van der Waals surface area contributed by atoms with Crippen molar-refractivity contribution in [2.75, 3.05) is 58.2 Å². The molecule has 6 aromatic rings. The number of amides is 2. The summed E-state index contributed by atoms with van der Waals surface area (Å²) in [6.07, 6.45) is 2.29. The first kappa shape index (κ1) is 51.0. The number of anilines is 2. The van der Waals surface area contributed by atoms with Crippen LogP contribution >= 0.6 is 45.9 Å². The molecule has 0 saturated carbocycles. The van der Waals surface area contributed by atoms with Gasteiger partial charge in [-0.1, -0.05) is 47.2 Å². The topological polar surface area (TPSA) is 211 Å². The molecule has 0 bridgehead atoms. The number of ether oxygens (including phenoxy) is 5. The zero-order valence-corrected chi connectivity index (χ0v) is 39.7. The zero-order valence-electron chi connectivity index (χ0n) is 36.5. The number of nitrogens with zero attached hydrogens (tertiary/aromatic N) is 9. The summed E-state index contributed by atoms with van der Waals surface area (Å²) >= 11 is 14.3. The predicted molar refractivity (Wildman–Crippen MR) is 244 cm³/mol. The number of halogens is 5. The lowest BCUT2D eigenvalue weighted by Crippen LogP contribution is -2.42. The summed E-state index contributed by atoms with van der Waals surface area (Å²) in [5.41, 5.74) is 3.43. The van der Waals surface area contributed by atoms with Crippen LogP contribution in [0.2, 0.25) is 10.3 Å². The number of rotatable bonds is 14. The van der Waals surface area contributed by atoms with E-state index in [1.807, 2.05) is 20.8 Å². The highest BCUT2D eigenvalue weighted by atomic mass is 35.5. The SMILES string of the molecule is CC.CCOc1cc(C(=O)Nc2nnc(OC)s2)c(-c2cc(Cl)ncc2OC)cn1.COc1cnc(Cl)cc1-c1cc(C)ncc1C(=O)Nc1nnc(OC2CCN(CC(F)(F)F)CC2)s1. The Kier molecular flexibility index (Phi) is 18.5. The van der Waals surface area contributed by atoms with Gasteiger partial charge >= 0.3 is 6.18 Å². The van der Waals surface area contributed by atoms with Crippen molar-refractivity contribution in [3.8, 4) is 50.0 Å². The van der Waals surface area contributed by atoms with Crippen LogP contribution in [0.15, 0.2) is 49.1 Å². The van der Waals surface area contributed by atoms with Crippen LogP contribution in [0, 0.1) is 6.92 Å². The number of hydrogen-bond donors (Lipinski definition) is 2. The maximum atomic E-state index is 13.1. The smallest absolute Gasteiger partial charge is 0.401 e. The number of alkyl halides is 3. The van der Waals surface area contributed by atoms with Crippen LogP contribution < -0.4 is 34.3 Å². The first-order valence-electron chi connectivity index (χ1n) is 20.0. The molecule has 66 heavy (non-hydrogen) atoms. The molecule has 1 aliphatic heterocycles. The standard InChI is InChI=1S/C22H22ClF3N6O3S.C17H16ClN5O4S.C2H6/c1-12-7-14(15-8-18(23)28-10-17(15)34-2)16(9-27-12)19(33)29-20-30-31-21(36-20)35-13-3-5-32(6-4-13)11-22(24,25)26;1-4-27-14-6-10(15(24)21-16-22-23-17(26-3)28-16)11(7-20-14)9-5-13(18)19-8-12(9)25-2;1-2/h7-10,13H,3-6,11H2,1-2H3,(H,29,30,33);5-8H,4H2,1-3H3,(H,21,22,24);1-2H3. The van der Waals surface area contributed by atoms with Crippen molar-refractivity contribution in [3.05, 3.63) is 76.2 Å². The summed E-state index contributed by atoms with van der Waals surface area (Å²) in [7, 11) is 4.47. The van der Waals surface area contributed by atoms with Gasteiger partial charge in [0.2, 0.25) is 16.1 Å². The average molecular weight is 995 g/mol. The maximum absolute atomic E-state index is 13.1. The van der Waals surface area contributed by atoms with E-state index in [1.54, 1.807) is 31.2 Å². The van der Waals surface area contributed by atoms with Gasteiger partial charge in [-0.05, 0) is 67.6 Å². The van der Waals surface area contributed by atoms with Crippen molar-refractivity contribution in [2.45, 2.75) is 52.8 Å². The second-order valence-electron chi connectivity index (χ2n) is 13.4. The van der Waals surface area contributed by atoms with Gasteiger partial charge in [-0.15, -0.1) is 10.2 Å². The Balaban J connectivity index is 0.000000246. The van der Waals surface area contributed by atoms with Gasteiger partial charge in [-0.2, -0.15) is 13.2 Å². The number of piperidine rings is 1. The van der Waals surface area contributed by atoms with E-state index in [2.05, 4.69) is 51.0 Å². The molecule has 0 unspecified atom stereocenters. The largest absolute Gasteiger partial charge is 0.494 e. The van der Waals surface area contributed by atoms with E-state index in [-0.39, 0.29) is 45.4 Å². The second kappa shape index (κ2) is 24.0. The molecule has 0 radical (unpaired) electrons. The van der Waals surface area contributed by atoms with Crippen LogP contribution in [-0.2, 0) is 0 Å². The fourth-order valence-electron chi connectivity index (χ4n) is 6.17. The van der Waals surface area contributed by atoms with Gasteiger partial charge in [-0.3, -0.25) is 30.1 Å². The molecular weight excluding hydrogens is 951 g/mol. The molecule has 18 nitrogen and oxygen atoms in total. The lowest BCUT2D eigenvalue weighted by molar-refractivity contribution is -0.149. The number of methoxy groups -OCH3 is 3. The second-order valence-corrected chi connectivity index (χ2v) is 16.0. The number of nitrogens with one attached hydrogen (secondary N) is 2. The zero-order chi connectivity index (χ0) is 48.0. The number of aromatic nitrogens is 8. The molecule has 2 amide bonds. The highest BCUT2D eigenvalue weighted by Crippen LogP contribution is 2.37. The third-order valence-corrected chi connectivity index (χ3v) is 11.0. The minimum absolute atomic E-state index is 0.204. The summed E-state index contributed by atoms with van der Waals surface area (Å²) in [4.78, 5) is 43.9. The van der Waals surface area contributed by atoms with Crippen LogP contribution in [0.25, 0.3) is 22.3 Å². The predicted octanol–water partition coefficient (Wildman–Crippen LogP) is 8.97. The number of likely N-dealkylation sites (tertiary alicyclic amines) is 1. The van der Waals surface area contributed by atoms with Gasteiger partial charge in [0.25, 0.3) is 22.2 Å². The van der Waals surface area contributed by atoms with Crippen molar-refractivity contribution in [3.63, 3.8) is 0 Å². The van der Waals surface area contributed by atoms with Gasteiger partial charge in [0.1, 0.15) is 27.9 Å². The molecule has 1 fully saturated rings. The first-order chi connectivity index (χ1) is 31.7. The van der Waals surface area contributed by atoms with Crippen LogP contribution in [-0.4, -0.2) is 117 Å². The van der Waals surface area contributed by atoms with Crippen LogP contribution in [0.3, 0.4) is 0 Å². The van der Waals surface area contributed by atoms with Gasteiger partial charge in [0.05, 0.1) is 58.0 Å². The fraction of sp³-hybridized carbons (Fsp3) is 0.366. The Bertz CT molecular complexity index is 2580. The molecule has 1 saturated heterocycles. The molecule has 1 aliphatic rings. The molecule has 25 heteroatoms. The molecule has 0 spiro atoms. The van der Waals surface area contributed by atoms with E-state index < -0.39 is 24.5 Å². The summed E-state index contributed by atoms with van der Waals surface area (Å²) in [5, 5.41) is 22.5. The summed E-state index contributed by atoms with van der Waals surface area (Å²) in [5.74, 6) is 0.294. The maximum Gasteiger partial charge on any atom is 0.401 e. The molecule has 0 atom stereocenters. The van der Waals surface area contributed by atoms with Crippen molar-refractivity contribution >= 4 is 68.0 Å². The van der Waals surface area contributed by atoms with Crippen LogP contribution in [0.1, 0.15) is 60.0 Å². The molecule has 6 aromatic heterocycles. The Labute approximate surface area is 395 Å². The van der Waals surface area contributed by atoms with Gasteiger partial charge in [0.15, 0.2) is 0 Å². The Morgan fingerprint density at radius 1 is 0.727 bits per heavy atom. The number of aryl methyl sites for hydroxylation is 1. The Hall–Kier alpha value is -6.01. The third kappa shape index (κ3) is 14.0. The van der Waals surface area contributed by atoms with E-state index >= 15 is 0 Å². The summed E-state index contributed by atoms with van der Waals surface area (Å²) < 4.78 is 64.7. The fourth-order valence-corrected chi connectivity index (χ4v) is 7.70. The lowest BCUT2D eigenvalue weighted by atomic mass is 10.0. The van der Waals surface area contributed by atoms with Gasteiger partial charge in [0, 0.05) is 59.5 Å². The molecule has 352 valence electrons. The van der Waals surface area contributed by atoms with Crippen LogP contribution in [0.4, 0.5) is 23.4 Å². The van der Waals surface area contributed by atoms with E-state index in [4.69, 9.17) is 46.9 Å². The number of carbonyl (C=O) groups is 2. The molecule has 0 aromatic carbocycles. The van der Waals surface area contributed by atoms with E-state index in [0.29, 0.717) is 80.7 Å². The molecular formula is C41H44Cl2F3N11O7S2. The normalized spacial score (nSPS) is 12.7. The highest BCUT2D eigenvalue weighted by molar-refractivity contribution is 7.17. The Morgan fingerprint density at radius 2 is 1.29 bits per heavy atom. The van der Waals surface area contributed by atoms with Gasteiger partial charge in [-0.25, -0.2) is 15.0 Å². The van der Waals surface area contributed by atoms with E-state index in [1.165, 1.54) is 51.0 Å². The highest BCUT2D eigenvalue weighted by Gasteiger charge is 2.33. The molecule has 7 rings (SSSR count). The Morgan fingerprint density at radius 3 is 1.83 bits per heavy atom. The molecule has 7 heterocycles. The van der Waals surface area contributed by atoms with Crippen LogP contribution in [0.5, 0.6) is 27.8 Å². The van der Waals surface area contributed by atoms with Crippen molar-refractivity contribution in [1.29, 1.82) is 0 Å². The number of hydrogen-bond acceptors (Lipinski definition) is 18. The first-order valence-corrected chi connectivity index (χ1v) is 22.3. The average Bonchev–Trinajstić information content (AvgIpc) is 3.96. The van der Waals surface area contributed by atoms with E-state index in [9.17, 15) is 22.8 Å². The quantitative estimate of drug-likeness (QED) is 0.0975. The van der Waals surface area contributed by atoms with E-state index in [0.717, 1.165) is 22.7 Å². The number of pyridine rings is 4.